The van der Waals surface area contributed by atoms with Gasteiger partial charge in [-0.1, -0.05) is 0 Å². The number of ether oxygens (including phenoxy) is 1. The minimum absolute atomic E-state index is 0.192. The molecule has 0 saturated carbocycles. The van der Waals surface area contributed by atoms with Crippen molar-refractivity contribution in [1.29, 1.82) is 0 Å². The first kappa shape index (κ1) is 13.6. The van der Waals surface area contributed by atoms with Crippen LogP contribution in [-0.4, -0.2) is 28.2 Å². The van der Waals surface area contributed by atoms with Gasteiger partial charge in [-0.05, 0) is 26.0 Å². The van der Waals surface area contributed by atoms with E-state index in [1.165, 1.54) is 11.3 Å². The summed E-state index contributed by atoms with van der Waals surface area (Å²) in [5, 5.41) is 11.6. The smallest absolute Gasteiger partial charge is 0.268 e. The average molecular weight is 302 g/mol. The highest BCUT2D eigenvalue weighted by molar-refractivity contribution is 7.13. The summed E-state index contributed by atoms with van der Waals surface area (Å²) < 4.78 is 5.16. The fourth-order valence-corrected chi connectivity index (χ4v) is 2.94. The number of thiazole rings is 1. The van der Waals surface area contributed by atoms with Crippen LogP contribution in [0.5, 0.6) is 5.75 Å². The summed E-state index contributed by atoms with van der Waals surface area (Å²) in [4.78, 5) is 17.2. The summed E-state index contributed by atoms with van der Waals surface area (Å²) in [6.45, 7) is 3.70. The number of benzene rings is 1. The van der Waals surface area contributed by atoms with Crippen LogP contribution in [0.3, 0.4) is 0 Å². The highest BCUT2D eigenvalue weighted by Gasteiger charge is 2.16. The number of carbonyl (C=O) groups excluding carboxylic acids is 1. The molecule has 2 heterocycles. The van der Waals surface area contributed by atoms with Crippen LogP contribution < -0.4 is 10.1 Å². The number of anilines is 1. The van der Waals surface area contributed by atoms with Gasteiger partial charge in [-0.3, -0.25) is 9.89 Å². The van der Waals surface area contributed by atoms with Crippen molar-refractivity contribution in [1.82, 2.24) is 15.2 Å². The third-order valence-electron chi connectivity index (χ3n) is 3.11. The van der Waals surface area contributed by atoms with Gasteiger partial charge in [0.25, 0.3) is 5.91 Å². The molecule has 0 bridgehead atoms. The number of nitrogens with one attached hydrogen (secondary N) is 2. The molecule has 0 radical (unpaired) electrons. The zero-order valence-electron chi connectivity index (χ0n) is 11.9. The highest BCUT2D eigenvalue weighted by Crippen LogP contribution is 2.26. The number of carbonyl (C=O) groups is 1. The molecule has 1 aromatic carbocycles. The average Bonchev–Trinajstić information content (AvgIpc) is 3.01. The number of methoxy groups -OCH3 is 1. The number of amides is 1. The van der Waals surface area contributed by atoms with Gasteiger partial charge in [0.1, 0.15) is 10.6 Å². The molecular weight excluding hydrogens is 288 g/mol. The molecule has 0 aliphatic heterocycles. The van der Waals surface area contributed by atoms with Crippen LogP contribution in [0.15, 0.2) is 18.2 Å². The molecule has 2 N–H and O–H groups in total. The van der Waals surface area contributed by atoms with Crippen LogP contribution in [0, 0.1) is 13.8 Å². The zero-order valence-corrected chi connectivity index (χ0v) is 12.7. The minimum Gasteiger partial charge on any atom is -0.497 e. The SMILES string of the molecule is COc1ccc2c(NC(=O)c3sc(C)nc3C)n[nH]c2c1. The van der Waals surface area contributed by atoms with Gasteiger partial charge in [0.15, 0.2) is 5.82 Å². The van der Waals surface area contributed by atoms with E-state index in [0.29, 0.717) is 10.7 Å². The van der Waals surface area contributed by atoms with Crippen LogP contribution in [0.25, 0.3) is 10.9 Å². The van der Waals surface area contributed by atoms with Crippen molar-refractivity contribution in [3.8, 4) is 5.75 Å². The molecule has 1 amide bonds. The van der Waals surface area contributed by atoms with Crippen molar-refractivity contribution < 1.29 is 9.53 Å². The van der Waals surface area contributed by atoms with E-state index < -0.39 is 0 Å². The van der Waals surface area contributed by atoms with E-state index in [-0.39, 0.29) is 5.91 Å². The third-order valence-corrected chi connectivity index (χ3v) is 4.18. The second-order valence-corrected chi connectivity index (χ2v) is 5.79. The zero-order chi connectivity index (χ0) is 15.0. The van der Waals surface area contributed by atoms with E-state index >= 15 is 0 Å². The molecule has 0 aliphatic rings. The van der Waals surface area contributed by atoms with Crippen LogP contribution in [0.2, 0.25) is 0 Å². The molecule has 6 nitrogen and oxygen atoms in total. The molecule has 7 heteroatoms. The van der Waals surface area contributed by atoms with Crippen molar-refractivity contribution in [2.75, 3.05) is 12.4 Å². The largest absolute Gasteiger partial charge is 0.497 e. The van der Waals surface area contributed by atoms with Crippen LogP contribution in [0.1, 0.15) is 20.4 Å². The minimum atomic E-state index is -0.192. The van der Waals surface area contributed by atoms with E-state index in [4.69, 9.17) is 4.74 Å². The first-order valence-corrected chi connectivity index (χ1v) is 7.17. The second-order valence-electron chi connectivity index (χ2n) is 4.59. The Kier molecular flexibility index (Phi) is 3.34. The van der Waals surface area contributed by atoms with Gasteiger partial charge in [0, 0.05) is 11.5 Å². The summed E-state index contributed by atoms with van der Waals surface area (Å²) in [7, 11) is 1.61. The number of fused-ring (bicyclic) bond motifs is 1. The van der Waals surface area contributed by atoms with Crippen molar-refractivity contribution in [3.63, 3.8) is 0 Å². The van der Waals surface area contributed by atoms with Crippen molar-refractivity contribution in [3.05, 3.63) is 33.8 Å². The molecule has 3 rings (SSSR count). The molecular formula is C14H14N4O2S. The maximum absolute atomic E-state index is 12.3. The third kappa shape index (κ3) is 2.47. The molecule has 3 aromatic rings. The van der Waals surface area contributed by atoms with Gasteiger partial charge in [0.2, 0.25) is 0 Å². The number of hydrogen-bond acceptors (Lipinski definition) is 5. The Bertz CT molecular complexity index is 822. The Morgan fingerprint density at radius 3 is 2.86 bits per heavy atom. The summed E-state index contributed by atoms with van der Waals surface area (Å²) in [5.41, 5.74) is 1.54. The molecule has 0 aliphatic carbocycles. The number of rotatable bonds is 3. The van der Waals surface area contributed by atoms with E-state index in [0.717, 1.165) is 27.4 Å². The topological polar surface area (TPSA) is 79.9 Å². The van der Waals surface area contributed by atoms with Gasteiger partial charge >= 0.3 is 0 Å². The van der Waals surface area contributed by atoms with Crippen LogP contribution >= 0.6 is 11.3 Å². The van der Waals surface area contributed by atoms with Gasteiger partial charge in [-0.25, -0.2) is 4.98 Å². The van der Waals surface area contributed by atoms with E-state index in [1.54, 1.807) is 7.11 Å². The van der Waals surface area contributed by atoms with E-state index in [9.17, 15) is 4.79 Å². The number of hydrogen-bond donors (Lipinski definition) is 2. The first-order valence-electron chi connectivity index (χ1n) is 6.36. The monoisotopic (exact) mass is 302 g/mol. The Balaban J connectivity index is 1.91. The van der Waals surface area contributed by atoms with E-state index in [1.807, 2.05) is 32.0 Å². The fraction of sp³-hybridized carbons (Fsp3) is 0.214. The lowest BCUT2D eigenvalue weighted by Gasteiger charge is -2.02. The van der Waals surface area contributed by atoms with Crippen LogP contribution in [0.4, 0.5) is 5.82 Å². The predicted octanol–water partition coefficient (Wildman–Crippen LogP) is 2.90. The molecule has 2 aromatic heterocycles. The maximum Gasteiger partial charge on any atom is 0.268 e. The number of aromatic nitrogens is 3. The predicted molar refractivity (Wildman–Crippen MR) is 82.2 cm³/mol. The summed E-state index contributed by atoms with van der Waals surface area (Å²) in [6, 6.07) is 5.52. The second kappa shape index (κ2) is 5.17. The normalized spacial score (nSPS) is 10.8. The molecule has 21 heavy (non-hydrogen) atoms. The number of aromatic amines is 1. The Morgan fingerprint density at radius 1 is 1.38 bits per heavy atom. The summed E-state index contributed by atoms with van der Waals surface area (Å²) >= 11 is 1.37. The van der Waals surface area contributed by atoms with Crippen molar-refractivity contribution in [2.45, 2.75) is 13.8 Å². The lowest BCUT2D eigenvalue weighted by Crippen LogP contribution is -2.12. The van der Waals surface area contributed by atoms with Crippen LogP contribution in [-0.2, 0) is 0 Å². The Morgan fingerprint density at radius 2 is 2.19 bits per heavy atom. The lowest BCUT2D eigenvalue weighted by molar-refractivity contribution is 0.102. The lowest BCUT2D eigenvalue weighted by atomic mass is 10.2. The molecule has 0 fully saturated rings. The Labute approximate surface area is 125 Å². The molecule has 0 saturated heterocycles. The first-order chi connectivity index (χ1) is 10.1. The molecule has 108 valence electrons. The molecule has 0 unspecified atom stereocenters. The Hall–Kier alpha value is -2.41. The molecule has 0 spiro atoms. The summed E-state index contributed by atoms with van der Waals surface area (Å²) in [5.74, 6) is 1.04. The van der Waals surface area contributed by atoms with Crippen molar-refractivity contribution >= 4 is 34.0 Å². The highest BCUT2D eigenvalue weighted by atomic mass is 32.1. The van der Waals surface area contributed by atoms with Crippen molar-refractivity contribution in [2.24, 2.45) is 0 Å². The standard InChI is InChI=1S/C14H14N4O2S/c1-7-12(21-8(2)15-7)14(19)16-13-10-5-4-9(20-3)6-11(10)17-18-13/h4-6H,1-3H3,(H2,16,17,18,19). The summed E-state index contributed by atoms with van der Waals surface area (Å²) in [6.07, 6.45) is 0. The number of aryl methyl sites for hydroxylation is 2. The quantitative estimate of drug-likeness (QED) is 0.779. The fourth-order valence-electron chi connectivity index (χ4n) is 2.13. The van der Waals surface area contributed by atoms with Gasteiger partial charge in [-0.15, -0.1) is 11.3 Å². The van der Waals surface area contributed by atoms with E-state index in [2.05, 4.69) is 20.5 Å². The van der Waals surface area contributed by atoms with Gasteiger partial charge in [0.05, 0.1) is 23.3 Å². The van der Waals surface area contributed by atoms with Gasteiger partial charge < -0.3 is 10.1 Å². The number of H-pyrrole nitrogens is 1. The van der Waals surface area contributed by atoms with Gasteiger partial charge in [-0.2, -0.15) is 5.10 Å². The molecule has 0 atom stereocenters. The number of nitrogens with zero attached hydrogens (tertiary/aromatic N) is 2. The maximum atomic E-state index is 12.3.